The molecule has 0 saturated carbocycles. The van der Waals surface area contributed by atoms with Crippen molar-refractivity contribution in [2.75, 3.05) is 19.6 Å². The molecule has 3 saturated heterocycles. The predicted octanol–water partition coefficient (Wildman–Crippen LogP) is 1.58. The molecular weight excluding hydrogens is 200 g/mol. The Bertz CT molecular complexity index is 263. The van der Waals surface area contributed by atoms with Gasteiger partial charge in [-0.1, -0.05) is 27.7 Å². The first-order valence-corrected chi connectivity index (χ1v) is 6.53. The molecule has 16 heavy (non-hydrogen) atoms. The van der Waals surface area contributed by atoms with Crippen molar-refractivity contribution >= 4 is 5.91 Å². The van der Waals surface area contributed by atoms with Crippen LogP contribution in [0, 0.1) is 11.8 Å². The van der Waals surface area contributed by atoms with Crippen LogP contribution in [0.1, 0.15) is 34.1 Å². The smallest absolute Gasteiger partial charge is 0.225 e. The molecule has 3 heteroatoms. The Hall–Kier alpha value is -0.570. The summed E-state index contributed by atoms with van der Waals surface area (Å²) in [6.45, 7) is 11.9. The van der Waals surface area contributed by atoms with Crippen LogP contribution < -0.4 is 0 Å². The van der Waals surface area contributed by atoms with Gasteiger partial charge in [-0.2, -0.15) is 0 Å². The van der Waals surface area contributed by atoms with E-state index in [0.29, 0.717) is 18.0 Å². The topological polar surface area (TPSA) is 23.6 Å². The lowest BCUT2D eigenvalue weighted by atomic mass is 9.85. The summed E-state index contributed by atoms with van der Waals surface area (Å²) in [5.74, 6) is 1.24. The van der Waals surface area contributed by atoms with Gasteiger partial charge in [-0.05, 0) is 12.3 Å². The first kappa shape index (κ1) is 11.9. The predicted molar refractivity (Wildman–Crippen MR) is 65.2 cm³/mol. The lowest BCUT2D eigenvalue weighted by Gasteiger charge is -2.57. The zero-order valence-corrected chi connectivity index (χ0v) is 10.9. The second-order valence-electron chi connectivity index (χ2n) is 6.06. The fourth-order valence-corrected chi connectivity index (χ4v) is 3.02. The number of carbonyl (C=O) groups is 1. The molecule has 92 valence electrons. The number of fused-ring (bicyclic) bond motifs is 2. The van der Waals surface area contributed by atoms with Gasteiger partial charge in [-0.25, -0.2) is 0 Å². The van der Waals surface area contributed by atoms with Crippen molar-refractivity contribution in [3.63, 3.8) is 0 Å². The van der Waals surface area contributed by atoms with Crippen LogP contribution in [0.25, 0.3) is 0 Å². The molecule has 0 aromatic heterocycles. The summed E-state index contributed by atoms with van der Waals surface area (Å²) in [6, 6.07) is 1.01. The molecule has 0 aliphatic carbocycles. The molecule has 3 aliphatic heterocycles. The number of hydrogen-bond donors (Lipinski definition) is 0. The molecule has 2 atom stereocenters. The maximum absolute atomic E-state index is 12.0. The fourth-order valence-electron chi connectivity index (χ4n) is 3.02. The summed E-state index contributed by atoms with van der Waals surface area (Å²) in [5.41, 5.74) is 0. The van der Waals surface area contributed by atoms with Gasteiger partial charge in [-0.3, -0.25) is 9.69 Å². The zero-order valence-electron chi connectivity index (χ0n) is 10.9. The molecule has 3 rings (SSSR count). The molecule has 2 unspecified atom stereocenters. The van der Waals surface area contributed by atoms with Gasteiger partial charge in [0.1, 0.15) is 0 Å². The highest BCUT2D eigenvalue weighted by Gasteiger charge is 2.47. The Balaban J connectivity index is 1.90. The molecule has 0 radical (unpaired) electrons. The molecule has 3 fully saturated rings. The summed E-state index contributed by atoms with van der Waals surface area (Å²) >= 11 is 0. The van der Waals surface area contributed by atoms with E-state index >= 15 is 0 Å². The Kier molecular flexibility index (Phi) is 3.24. The van der Waals surface area contributed by atoms with Crippen molar-refractivity contribution in [1.82, 2.24) is 9.80 Å². The van der Waals surface area contributed by atoms with Gasteiger partial charge in [0.2, 0.25) is 5.91 Å². The first-order valence-electron chi connectivity index (χ1n) is 6.53. The van der Waals surface area contributed by atoms with Gasteiger partial charge in [-0.15, -0.1) is 0 Å². The van der Waals surface area contributed by atoms with Crippen LogP contribution in [-0.2, 0) is 4.79 Å². The van der Waals surface area contributed by atoms with Crippen LogP contribution >= 0.6 is 0 Å². The van der Waals surface area contributed by atoms with Crippen molar-refractivity contribution < 1.29 is 4.79 Å². The largest absolute Gasteiger partial charge is 0.334 e. The minimum Gasteiger partial charge on any atom is -0.334 e. The van der Waals surface area contributed by atoms with E-state index in [9.17, 15) is 4.79 Å². The molecule has 3 nitrogen and oxygen atoms in total. The maximum atomic E-state index is 12.0. The molecule has 3 heterocycles. The van der Waals surface area contributed by atoms with Gasteiger partial charge in [0.25, 0.3) is 0 Å². The van der Waals surface area contributed by atoms with Gasteiger partial charge in [0.15, 0.2) is 0 Å². The molecular formula is C13H24N2O. The second kappa shape index (κ2) is 4.36. The highest BCUT2D eigenvalue weighted by molar-refractivity contribution is 5.80. The van der Waals surface area contributed by atoms with E-state index in [1.807, 2.05) is 13.8 Å². The Labute approximate surface area is 98.8 Å². The lowest BCUT2D eigenvalue weighted by molar-refractivity contribution is -0.157. The maximum Gasteiger partial charge on any atom is 0.225 e. The van der Waals surface area contributed by atoms with Crippen LogP contribution in [0.4, 0.5) is 0 Å². The lowest BCUT2D eigenvalue weighted by Crippen LogP contribution is -2.70. The summed E-state index contributed by atoms with van der Waals surface area (Å²) in [7, 11) is 0. The molecule has 0 aromatic carbocycles. The number of amides is 1. The van der Waals surface area contributed by atoms with Crippen LogP contribution in [-0.4, -0.2) is 47.4 Å². The average molecular weight is 224 g/mol. The number of hydrogen-bond acceptors (Lipinski definition) is 2. The fraction of sp³-hybridized carbons (Fsp3) is 0.923. The van der Waals surface area contributed by atoms with Crippen molar-refractivity contribution in [3.8, 4) is 0 Å². The van der Waals surface area contributed by atoms with Crippen molar-refractivity contribution in [2.24, 2.45) is 11.8 Å². The van der Waals surface area contributed by atoms with Crippen LogP contribution in [0.15, 0.2) is 0 Å². The Morgan fingerprint density at radius 3 is 2.19 bits per heavy atom. The van der Waals surface area contributed by atoms with Crippen molar-refractivity contribution in [2.45, 2.75) is 46.2 Å². The Morgan fingerprint density at radius 1 is 1.19 bits per heavy atom. The zero-order chi connectivity index (χ0) is 11.9. The number of piperidine rings is 1. The van der Waals surface area contributed by atoms with E-state index in [0.717, 1.165) is 19.0 Å². The summed E-state index contributed by atoms with van der Waals surface area (Å²) < 4.78 is 0. The molecule has 0 spiro atoms. The monoisotopic (exact) mass is 224 g/mol. The summed E-state index contributed by atoms with van der Waals surface area (Å²) in [5, 5.41) is 0. The third-order valence-electron chi connectivity index (χ3n) is 3.64. The van der Waals surface area contributed by atoms with Gasteiger partial charge in [0.05, 0.1) is 0 Å². The van der Waals surface area contributed by atoms with Gasteiger partial charge in [0, 0.05) is 37.6 Å². The standard InChI is InChI=1S/C13H24N2O/c1-9(2)6-14-7-11-5-12(8-14)15(11)13(16)10(3)4/h9-12H,5-8H2,1-4H3. The normalized spacial score (nSPS) is 29.8. The van der Waals surface area contributed by atoms with Crippen LogP contribution in [0.5, 0.6) is 0 Å². The van der Waals surface area contributed by atoms with E-state index in [-0.39, 0.29) is 5.92 Å². The molecule has 1 amide bonds. The minimum atomic E-state index is 0.155. The third-order valence-corrected chi connectivity index (χ3v) is 3.64. The number of nitrogens with zero attached hydrogens (tertiary/aromatic N) is 2. The summed E-state index contributed by atoms with van der Waals surface area (Å²) in [4.78, 5) is 16.6. The second-order valence-corrected chi connectivity index (χ2v) is 6.06. The van der Waals surface area contributed by atoms with E-state index in [1.54, 1.807) is 0 Å². The SMILES string of the molecule is CC(C)CN1CC2CC(C1)N2C(=O)C(C)C. The van der Waals surface area contributed by atoms with E-state index in [1.165, 1.54) is 13.0 Å². The van der Waals surface area contributed by atoms with Gasteiger partial charge < -0.3 is 4.90 Å². The highest BCUT2D eigenvalue weighted by Crippen LogP contribution is 2.33. The molecule has 2 bridgehead atoms. The molecule has 0 N–H and O–H groups in total. The molecule has 0 aromatic rings. The molecule has 3 aliphatic rings. The number of rotatable bonds is 3. The Morgan fingerprint density at radius 2 is 1.75 bits per heavy atom. The van der Waals surface area contributed by atoms with E-state index in [2.05, 4.69) is 23.6 Å². The highest BCUT2D eigenvalue weighted by atomic mass is 16.2. The van der Waals surface area contributed by atoms with Crippen molar-refractivity contribution in [1.29, 1.82) is 0 Å². The number of piperazine rings is 1. The van der Waals surface area contributed by atoms with Gasteiger partial charge >= 0.3 is 0 Å². The quantitative estimate of drug-likeness (QED) is 0.726. The first-order chi connectivity index (χ1) is 7.49. The minimum absolute atomic E-state index is 0.155. The average Bonchev–Trinajstić information content (AvgIpc) is 2.16. The van der Waals surface area contributed by atoms with Crippen molar-refractivity contribution in [3.05, 3.63) is 0 Å². The van der Waals surface area contributed by atoms with E-state index in [4.69, 9.17) is 0 Å². The number of carbonyl (C=O) groups excluding carboxylic acids is 1. The van der Waals surface area contributed by atoms with Crippen LogP contribution in [0.2, 0.25) is 0 Å². The summed E-state index contributed by atoms with van der Waals surface area (Å²) in [6.07, 6.45) is 1.23. The van der Waals surface area contributed by atoms with E-state index < -0.39 is 0 Å². The van der Waals surface area contributed by atoms with Crippen LogP contribution in [0.3, 0.4) is 0 Å². The third kappa shape index (κ3) is 2.10.